The molecule has 2 heterocycles. The van der Waals surface area contributed by atoms with Crippen molar-refractivity contribution < 1.29 is 9.47 Å². The summed E-state index contributed by atoms with van der Waals surface area (Å²) in [5.74, 6) is 0.793. The van der Waals surface area contributed by atoms with Crippen molar-refractivity contribution in [1.29, 1.82) is 0 Å². The second kappa shape index (κ2) is 3.18. The summed E-state index contributed by atoms with van der Waals surface area (Å²) < 4.78 is 10.5. The van der Waals surface area contributed by atoms with E-state index in [1.54, 1.807) is 6.20 Å². The Morgan fingerprint density at radius 1 is 1.62 bits per heavy atom. The van der Waals surface area contributed by atoms with Crippen LogP contribution in [0.1, 0.15) is 5.56 Å². The predicted octanol–water partition coefficient (Wildman–Crippen LogP) is 0.145. The van der Waals surface area contributed by atoms with Crippen molar-refractivity contribution >= 4 is 5.95 Å². The number of nitrogens with zero attached hydrogens (tertiary/aromatic N) is 2. The first-order valence-corrected chi connectivity index (χ1v) is 4.09. The molecular formula is C8H11N3O2. The minimum absolute atomic E-state index is 0.119. The molecule has 0 amide bonds. The van der Waals surface area contributed by atoms with Gasteiger partial charge in [-0.05, 0) is 6.92 Å². The summed E-state index contributed by atoms with van der Waals surface area (Å²) in [5.41, 5.74) is 6.32. The first-order chi connectivity index (χ1) is 6.25. The zero-order valence-electron chi connectivity index (χ0n) is 7.36. The van der Waals surface area contributed by atoms with Crippen LogP contribution in [0.5, 0.6) is 5.88 Å². The van der Waals surface area contributed by atoms with E-state index in [-0.39, 0.29) is 12.1 Å². The monoisotopic (exact) mass is 181 g/mol. The van der Waals surface area contributed by atoms with Crippen molar-refractivity contribution in [3.8, 4) is 5.88 Å². The molecule has 13 heavy (non-hydrogen) atoms. The highest BCUT2D eigenvalue weighted by atomic mass is 16.6. The molecule has 1 aliphatic rings. The maximum atomic E-state index is 5.51. The van der Waals surface area contributed by atoms with E-state index >= 15 is 0 Å². The average Bonchev–Trinajstić information content (AvgIpc) is 2.03. The number of ether oxygens (including phenoxy) is 2. The van der Waals surface area contributed by atoms with Gasteiger partial charge in [0.25, 0.3) is 0 Å². The molecule has 2 N–H and O–H groups in total. The van der Waals surface area contributed by atoms with E-state index in [0.717, 1.165) is 5.56 Å². The molecule has 0 unspecified atom stereocenters. The molecular weight excluding hydrogens is 170 g/mol. The average molecular weight is 181 g/mol. The van der Waals surface area contributed by atoms with Crippen LogP contribution >= 0.6 is 0 Å². The summed E-state index contributed by atoms with van der Waals surface area (Å²) in [6, 6.07) is 0. The van der Waals surface area contributed by atoms with Crippen LogP contribution in [-0.4, -0.2) is 29.3 Å². The van der Waals surface area contributed by atoms with Gasteiger partial charge in [0.1, 0.15) is 6.10 Å². The molecule has 0 saturated carbocycles. The molecule has 0 radical (unpaired) electrons. The van der Waals surface area contributed by atoms with E-state index in [4.69, 9.17) is 15.2 Å². The highest BCUT2D eigenvalue weighted by Crippen LogP contribution is 2.17. The lowest BCUT2D eigenvalue weighted by Gasteiger charge is -2.26. The fourth-order valence-corrected chi connectivity index (χ4v) is 0.999. The van der Waals surface area contributed by atoms with Gasteiger partial charge < -0.3 is 15.2 Å². The molecule has 1 fully saturated rings. The van der Waals surface area contributed by atoms with Gasteiger partial charge in [0.15, 0.2) is 0 Å². The molecule has 0 spiro atoms. The summed E-state index contributed by atoms with van der Waals surface area (Å²) in [7, 11) is 0. The third kappa shape index (κ3) is 1.70. The summed E-state index contributed by atoms with van der Waals surface area (Å²) in [6.07, 6.45) is 1.77. The Hall–Kier alpha value is -1.36. The van der Waals surface area contributed by atoms with Crippen molar-refractivity contribution in [2.75, 3.05) is 18.9 Å². The smallest absolute Gasteiger partial charge is 0.223 e. The Morgan fingerprint density at radius 2 is 2.38 bits per heavy atom. The number of aromatic nitrogens is 2. The Morgan fingerprint density at radius 3 is 3.00 bits per heavy atom. The van der Waals surface area contributed by atoms with Crippen molar-refractivity contribution in [2.45, 2.75) is 13.0 Å². The summed E-state index contributed by atoms with van der Waals surface area (Å²) in [6.45, 7) is 3.14. The molecule has 0 aliphatic carbocycles. The summed E-state index contributed by atoms with van der Waals surface area (Å²) >= 11 is 0. The van der Waals surface area contributed by atoms with Crippen LogP contribution in [0, 0.1) is 6.92 Å². The molecule has 1 aliphatic heterocycles. The second-order valence-corrected chi connectivity index (χ2v) is 2.99. The fourth-order valence-electron chi connectivity index (χ4n) is 0.999. The second-order valence-electron chi connectivity index (χ2n) is 2.99. The van der Waals surface area contributed by atoms with Gasteiger partial charge in [-0.15, -0.1) is 0 Å². The molecule has 5 nitrogen and oxygen atoms in total. The van der Waals surface area contributed by atoms with Crippen molar-refractivity contribution in [1.82, 2.24) is 9.97 Å². The molecule has 5 heteroatoms. The van der Waals surface area contributed by atoms with Gasteiger partial charge in [-0.3, -0.25) is 0 Å². The lowest BCUT2D eigenvalue weighted by molar-refractivity contribution is -0.0815. The van der Waals surface area contributed by atoms with Gasteiger partial charge in [-0.25, -0.2) is 4.98 Å². The molecule has 0 atom stereocenters. The molecule has 0 bridgehead atoms. The van der Waals surface area contributed by atoms with Gasteiger partial charge in [-0.1, -0.05) is 0 Å². The van der Waals surface area contributed by atoms with E-state index in [1.807, 2.05) is 6.92 Å². The van der Waals surface area contributed by atoms with Crippen LogP contribution < -0.4 is 10.5 Å². The number of rotatable bonds is 2. The van der Waals surface area contributed by atoms with Crippen molar-refractivity contribution in [3.05, 3.63) is 11.8 Å². The van der Waals surface area contributed by atoms with Crippen LogP contribution in [0.3, 0.4) is 0 Å². The molecule has 1 aromatic rings. The minimum Gasteiger partial charge on any atom is -0.469 e. The zero-order chi connectivity index (χ0) is 9.26. The van der Waals surface area contributed by atoms with Crippen LogP contribution in [0.4, 0.5) is 5.95 Å². The highest BCUT2D eigenvalue weighted by Gasteiger charge is 2.21. The van der Waals surface area contributed by atoms with Gasteiger partial charge in [0.2, 0.25) is 11.8 Å². The van der Waals surface area contributed by atoms with E-state index in [0.29, 0.717) is 19.1 Å². The van der Waals surface area contributed by atoms with Crippen molar-refractivity contribution in [3.63, 3.8) is 0 Å². The third-order valence-electron chi connectivity index (χ3n) is 1.83. The first kappa shape index (κ1) is 8.25. The standard InChI is InChI=1S/C8H11N3O2/c1-5-2-10-8(9)11-7(5)13-6-3-12-4-6/h2,6H,3-4H2,1H3,(H2,9,10,11). The number of nitrogens with two attached hydrogens (primary N) is 1. The minimum atomic E-state index is 0.119. The summed E-state index contributed by atoms with van der Waals surface area (Å²) in [5, 5.41) is 0. The maximum Gasteiger partial charge on any atom is 0.223 e. The zero-order valence-corrected chi connectivity index (χ0v) is 7.36. The van der Waals surface area contributed by atoms with E-state index in [1.165, 1.54) is 0 Å². The normalized spacial score (nSPS) is 16.7. The van der Waals surface area contributed by atoms with Crippen LogP contribution in [0.2, 0.25) is 0 Å². The first-order valence-electron chi connectivity index (χ1n) is 4.09. The van der Waals surface area contributed by atoms with Gasteiger partial charge in [0.05, 0.1) is 13.2 Å². The van der Waals surface area contributed by atoms with Crippen LogP contribution in [0.15, 0.2) is 6.20 Å². The SMILES string of the molecule is Cc1cnc(N)nc1OC1COC1. The molecule has 2 rings (SSSR count). The van der Waals surface area contributed by atoms with E-state index in [2.05, 4.69) is 9.97 Å². The number of hydrogen-bond donors (Lipinski definition) is 1. The van der Waals surface area contributed by atoms with Crippen LogP contribution in [0.25, 0.3) is 0 Å². The molecule has 0 aromatic carbocycles. The Balaban J connectivity index is 2.13. The number of anilines is 1. The Kier molecular flexibility index (Phi) is 2.02. The van der Waals surface area contributed by atoms with Gasteiger partial charge in [-0.2, -0.15) is 4.98 Å². The Labute approximate surface area is 75.9 Å². The quantitative estimate of drug-likeness (QED) is 0.703. The topological polar surface area (TPSA) is 70.3 Å². The predicted molar refractivity (Wildman–Crippen MR) is 46.4 cm³/mol. The number of aryl methyl sites for hydroxylation is 1. The van der Waals surface area contributed by atoms with E-state index in [9.17, 15) is 0 Å². The largest absolute Gasteiger partial charge is 0.469 e. The van der Waals surface area contributed by atoms with Crippen molar-refractivity contribution in [2.24, 2.45) is 0 Å². The lowest BCUT2D eigenvalue weighted by atomic mass is 10.3. The fraction of sp³-hybridized carbons (Fsp3) is 0.500. The Bertz CT molecular complexity index is 312. The number of nitrogen functional groups attached to an aromatic ring is 1. The maximum absolute atomic E-state index is 5.51. The van der Waals surface area contributed by atoms with Gasteiger partial charge >= 0.3 is 0 Å². The lowest BCUT2D eigenvalue weighted by Crippen LogP contribution is -2.39. The van der Waals surface area contributed by atoms with E-state index < -0.39 is 0 Å². The molecule has 1 aromatic heterocycles. The van der Waals surface area contributed by atoms with Gasteiger partial charge in [0, 0.05) is 11.8 Å². The van der Waals surface area contributed by atoms with Crippen LogP contribution in [-0.2, 0) is 4.74 Å². The highest BCUT2D eigenvalue weighted by molar-refractivity contribution is 5.28. The molecule has 1 saturated heterocycles. The number of hydrogen-bond acceptors (Lipinski definition) is 5. The summed E-state index contributed by atoms with van der Waals surface area (Å²) in [4.78, 5) is 7.83. The third-order valence-corrected chi connectivity index (χ3v) is 1.83. The molecule has 70 valence electrons.